The molecule has 110 valence electrons. The van der Waals surface area contributed by atoms with E-state index in [1.807, 2.05) is 0 Å². The van der Waals surface area contributed by atoms with Crippen LogP contribution in [0.15, 0.2) is 36.4 Å². The lowest BCUT2D eigenvalue weighted by atomic mass is 10.2. The van der Waals surface area contributed by atoms with Crippen molar-refractivity contribution < 1.29 is 18.4 Å². The summed E-state index contributed by atoms with van der Waals surface area (Å²) in [6, 6.07) is 7.25. The van der Waals surface area contributed by atoms with Gasteiger partial charge in [0.05, 0.1) is 4.92 Å². The summed E-state index contributed by atoms with van der Waals surface area (Å²) >= 11 is 0. The van der Waals surface area contributed by atoms with Gasteiger partial charge in [-0.25, -0.2) is 8.78 Å². The molecular formula is C14H12F2N2O3. The van der Waals surface area contributed by atoms with Gasteiger partial charge in [-0.15, -0.1) is 0 Å². The van der Waals surface area contributed by atoms with Crippen molar-refractivity contribution in [3.05, 3.63) is 69.3 Å². The molecule has 7 heteroatoms. The number of rotatable bonds is 5. The Kier molecular flexibility index (Phi) is 4.44. The van der Waals surface area contributed by atoms with Gasteiger partial charge >= 0.3 is 5.69 Å². The van der Waals surface area contributed by atoms with E-state index in [1.165, 1.54) is 12.1 Å². The molecule has 0 spiro atoms. The third-order valence-electron chi connectivity index (χ3n) is 2.77. The van der Waals surface area contributed by atoms with Gasteiger partial charge in [-0.05, 0) is 29.3 Å². The summed E-state index contributed by atoms with van der Waals surface area (Å²) in [5.74, 6) is -1.45. The summed E-state index contributed by atoms with van der Waals surface area (Å²) in [5, 5.41) is 11.0. The Balaban J connectivity index is 2.21. The molecule has 5 nitrogen and oxygen atoms in total. The average Bonchev–Trinajstić information content (AvgIpc) is 2.43. The molecule has 0 saturated carbocycles. The van der Waals surface area contributed by atoms with Crippen LogP contribution in [0, 0.1) is 21.7 Å². The van der Waals surface area contributed by atoms with Crippen LogP contribution >= 0.6 is 0 Å². The fourth-order valence-electron chi connectivity index (χ4n) is 1.81. The van der Waals surface area contributed by atoms with Crippen LogP contribution in [0.5, 0.6) is 5.75 Å². The Hall–Kier alpha value is -2.54. The Morgan fingerprint density at radius 1 is 1.10 bits per heavy atom. The highest BCUT2D eigenvalue weighted by molar-refractivity contribution is 5.48. The van der Waals surface area contributed by atoms with Crippen LogP contribution < -0.4 is 10.5 Å². The third-order valence-corrected chi connectivity index (χ3v) is 2.77. The molecule has 0 heterocycles. The summed E-state index contributed by atoms with van der Waals surface area (Å²) in [6.45, 7) is -0.0201. The van der Waals surface area contributed by atoms with Crippen LogP contribution in [0.2, 0.25) is 0 Å². The second kappa shape index (κ2) is 6.27. The monoisotopic (exact) mass is 294 g/mol. The zero-order chi connectivity index (χ0) is 15.4. The molecular weight excluding hydrogens is 282 g/mol. The fraction of sp³-hybridized carbons (Fsp3) is 0.143. The van der Waals surface area contributed by atoms with Gasteiger partial charge in [-0.1, -0.05) is 6.07 Å². The predicted octanol–water partition coefficient (Wildman–Crippen LogP) is 2.91. The summed E-state index contributed by atoms with van der Waals surface area (Å²) in [6.07, 6.45) is 0. The Morgan fingerprint density at radius 2 is 1.76 bits per heavy atom. The first kappa shape index (κ1) is 14.9. The highest BCUT2D eigenvalue weighted by Crippen LogP contribution is 2.28. The molecule has 0 saturated heterocycles. The van der Waals surface area contributed by atoms with Crippen LogP contribution in [0.4, 0.5) is 14.5 Å². The topological polar surface area (TPSA) is 78.4 Å². The van der Waals surface area contributed by atoms with Gasteiger partial charge in [0.2, 0.25) is 0 Å². The minimum atomic E-state index is -0.735. The van der Waals surface area contributed by atoms with Crippen LogP contribution in [-0.4, -0.2) is 4.92 Å². The maximum atomic E-state index is 13.0. The van der Waals surface area contributed by atoms with Gasteiger partial charge in [0.25, 0.3) is 0 Å². The maximum Gasteiger partial charge on any atom is 0.311 e. The molecule has 0 aliphatic carbocycles. The smallest absolute Gasteiger partial charge is 0.311 e. The standard InChI is InChI=1S/C14H12F2N2O3/c15-11-3-10(4-12(16)6-11)8-21-14-2-1-9(7-17)5-13(14)18(19)20/h1-6H,7-8,17H2. The van der Waals surface area contributed by atoms with Gasteiger partial charge in [-0.3, -0.25) is 10.1 Å². The minimum Gasteiger partial charge on any atom is -0.482 e. The first-order valence-electron chi connectivity index (χ1n) is 6.04. The van der Waals surface area contributed by atoms with Gasteiger partial charge < -0.3 is 10.5 Å². The first-order chi connectivity index (χ1) is 9.99. The number of hydrogen-bond acceptors (Lipinski definition) is 4. The van der Waals surface area contributed by atoms with Crippen LogP contribution in [0.3, 0.4) is 0 Å². The van der Waals surface area contributed by atoms with Gasteiger partial charge in [0, 0.05) is 18.7 Å². The second-order valence-corrected chi connectivity index (χ2v) is 4.33. The molecule has 21 heavy (non-hydrogen) atoms. The third kappa shape index (κ3) is 3.73. The number of nitro benzene ring substituents is 1. The van der Waals surface area contributed by atoms with Gasteiger partial charge in [0.1, 0.15) is 18.2 Å². The maximum absolute atomic E-state index is 13.0. The van der Waals surface area contributed by atoms with Crippen molar-refractivity contribution in [1.82, 2.24) is 0 Å². The fourth-order valence-corrected chi connectivity index (χ4v) is 1.81. The number of benzene rings is 2. The zero-order valence-electron chi connectivity index (χ0n) is 10.9. The summed E-state index contributed by atoms with van der Waals surface area (Å²) in [7, 11) is 0. The molecule has 0 aliphatic heterocycles. The minimum absolute atomic E-state index is 0.0156. The molecule has 0 unspecified atom stereocenters. The van der Waals surface area contributed by atoms with Crippen molar-refractivity contribution in [2.45, 2.75) is 13.2 Å². The molecule has 0 aromatic heterocycles. The number of nitrogens with two attached hydrogens (primary N) is 1. The van der Waals surface area contributed by atoms with Crippen LogP contribution in [0.1, 0.15) is 11.1 Å². The van der Waals surface area contributed by atoms with E-state index in [0.717, 1.165) is 18.2 Å². The van der Waals surface area contributed by atoms with E-state index >= 15 is 0 Å². The second-order valence-electron chi connectivity index (χ2n) is 4.33. The van der Waals surface area contributed by atoms with E-state index in [9.17, 15) is 18.9 Å². The Morgan fingerprint density at radius 3 is 2.33 bits per heavy atom. The van der Waals surface area contributed by atoms with Crippen LogP contribution in [-0.2, 0) is 13.2 Å². The normalized spacial score (nSPS) is 10.4. The number of nitrogens with zero attached hydrogens (tertiary/aromatic N) is 1. The molecule has 0 aliphatic rings. The molecule has 0 fully saturated rings. The summed E-state index contributed by atoms with van der Waals surface area (Å²) < 4.78 is 31.4. The van der Waals surface area contributed by atoms with Crippen molar-refractivity contribution in [2.75, 3.05) is 0 Å². The molecule has 2 N–H and O–H groups in total. The van der Waals surface area contributed by atoms with E-state index in [2.05, 4.69) is 0 Å². The highest BCUT2D eigenvalue weighted by atomic mass is 19.1. The summed E-state index contributed by atoms with van der Waals surface area (Å²) in [5.41, 5.74) is 6.01. The lowest BCUT2D eigenvalue weighted by molar-refractivity contribution is -0.386. The highest BCUT2D eigenvalue weighted by Gasteiger charge is 2.16. The zero-order valence-corrected chi connectivity index (χ0v) is 10.9. The van der Waals surface area contributed by atoms with Gasteiger partial charge in [0.15, 0.2) is 5.75 Å². The number of halogens is 2. The predicted molar refractivity (Wildman–Crippen MR) is 71.7 cm³/mol. The van der Waals surface area contributed by atoms with Crippen molar-refractivity contribution in [3.8, 4) is 5.75 Å². The molecule has 2 rings (SSSR count). The SMILES string of the molecule is NCc1ccc(OCc2cc(F)cc(F)c2)c([N+](=O)[O-])c1. The number of hydrogen-bond donors (Lipinski definition) is 1. The average molecular weight is 294 g/mol. The van der Waals surface area contributed by atoms with Crippen LogP contribution in [0.25, 0.3) is 0 Å². The molecule has 0 bridgehead atoms. The lowest BCUT2D eigenvalue weighted by Gasteiger charge is -2.08. The molecule has 0 amide bonds. The number of ether oxygens (including phenoxy) is 1. The molecule has 0 atom stereocenters. The van der Waals surface area contributed by atoms with E-state index in [-0.39, 0.29) is 30.2 Å². The van der Waals surface area contributed by atoms with E-state index in [4.69, 9.17) is 10.5 Å². The Labute approximate surface area is 119 Å². The Bertz CT molecular complexity index is 657. The number of nitro groups is 1. The van der Waals surface area contributed by atoms with E-state index in [1.54, 1.807) is 6.07 Å². The molecule has 2 aromatic carbocycles. The van der Waals surface area contributed by atoms with E-state index < -0.39 is 16.6 Å². The molecule has 2 aromatic rings. The molecule has 0 radical (unpaired) electrons. The lowest BCUT2D eigenvalue weighted by Crippen LogP contribution is -2.02. The van der Waals surface area contributed by atoms with Crippen molar-refractivity contribution in [2.24, 2.45) is 5.73 Å². The van der Waals surface area contributed by atoms with Gasteiger partial charge in [-0.2, -0.15) is 0 Å². The quantitative estimate of drug-likeness (QED) is 0.679. The first-order valence-corrected chi connectivity index (χ1v) is 6.04. The van der Waals surface area contributed by atoms with Crippen molar-refractivity contribution in [3.63, 3.8) is 0 Å². The van der Waals surface area contributed by atoms with E-state index in [0.29, 0.717) is 5.56 Å². The summed E-state index contributed by atoms with van der Waals surface area (Å²) in [4.78, 5) is 10.4. The largest absolute Gasteiger partial charge is 0.482 e. The van der Waals surface area contributed by atoms with Crippen molar-refractivity contribution in [1.29, 1.82) is 0 Å². The van der Waals surface area contributed by atoms with Crippen molar-refractivity contribution >= 4 is 5.69 Å².